The van der Waals surface area contributed by atoms with Gasteiger partial charge in [-0.2, -0.15) is 0 Å². The molecule has 0 aromatic heterocycles. The number of hydrogen-bond donors (Lipinski definition) is 1. The summed E-state index contributed by atoms with van der Waals surface area (Å²) in [6.07, 6.45) is 6.46. The summed E-state index contributed by atoms with van der Waals surface area (Å²) in [4.78, 5) is 0. The monoisotopic (exact) mass is 263 g/mol. The Balaban J connectivity index is 1.78. The summed E-state index contributed by atoms with van der Waals surface area (Å²) < 4.78 is 13.0. The van der Waals surface area contributed by atoms with Crippen molar-refractivity contribution in [3.63, 3.8) is 0 Å². The number of unbranched alkanes of at least 4 members (excludes halogenated alkanes) is 1. The van der Waals surface area contributed by atoms with Gasteiger partial charge in [0.25, 0.3) is 0 Å². The molecule has 1 atom stereocenters. The molecule has 1 aromatic carbocycles. The fraction of sp³-hybridized carbons (Fsp3) is 0.647. The van der Waals surface area contributed by atoms with E-state index in [9.17, 15) is 4.39 Å². The van der Waals surface area contributed by atoms with Gasteiger partial charge < -0.3 is 5.32 Å². The summed E-state index contributed by atoms with van der Waals surface area (Å²) in [7, 11) is 0. The Kier molecular flexibility index (Phi) is 5.38. The normalized spacial score (nSPS) is 16.8. The van der Waals surface area contributed by atoms with Gasteiger partial charge in [-0.05, 0) is 55.3 Å². The van der Waals surface area contributed by atoms with Gasteiger partial charge in [0.1, 0.15) is 5.82 Å². The van der Waals surface area contributed by atoms with Gasteiger partial charge in [-0.1, -0.05) is 38.8 Å². The minimum absolute atomic E-state index is 0.143. The van der Waals surface area contributed by atoms with Crippen LogP contribution in [0.15, 0.2) is 24.3 Å². The third-order valence-electron chi connectivity index (χ3n) is 3.90. The lowest BCUT2D eigenvalue weighted by Crippen LogP contribution is -2.24. The number of nitrogens with one attached hydrogen (secondary N) is 1. The van der Waals surface area contributed by atoms with Crippen LogP contribution < -0.4 is 5.32 Å². The summed E-state index contributed by atoms with van der Waals surface area (Å²) in [6.45, 7) is 5.63. The highest BCUT2D eigenvalue weighted by Gasteiger charge is 2.31. The molecular weight excluding hydrogens is 237 g/mol. The second-order valence-electron chi connectivity index (χ2n) is 6.21. The average molecular weight is 263 g/mol. The largest absolute Gasteiger partial charge is 0.310 e. The minimum atomic E-state index is -0.143. The predicted molar refractivity (Wildman–Crippen MR) is 78.6 cm³/mol. The van der Waals surface area contributed by atoms with Gasteiger partial charge in [0.05, 0.1) is 0 Å². The van der Waals surface area contributed by atoms with Gasteiger partial charge in [0.2, 0.25) is 0 Å². The van der Waals surface area contributed by atoms with Crippen LogP contribution in [0.1, 0.15) is 57.6 Å². The van der Waals surface area contributed by atoms with E-state index >= 15 is 0 Å². The topological polar surface area (TPSA) is 12.0 Å². The van der Waals surface area contributed by atoms with Gasteiger partial charge in [0.15, 0.2) is 0 Å². The molecule has 0 saturated heterocycles. The molecule has 1 aliphatic rings. The molecule has 1 aromatic rings. The molecule has 1 saturated carbocycles. The minimum Gasteiger partial charge on any atom is -0.310 e. The third kappa shape index (κ3) is 4.94. The zero-order valence-electron chi connectivity index (χ0n) is 12.2. The molecule has 2 heteroatoms. The Bertz CT molecular complexity index is 367. The van der Waals surface area contributed by atoms with E-state index in [0.29, 0.717) is 6.04 Å². The van der Waals surface area contributed by atoms with Crippen molar-refractivity contribution < 1.29 is 4.39 Å². The first-order valence-electron chi connectivity index (χ1n) is 7.65. The molecule has 1 aliphatic carbocycles. The van der Waals surface area contributed by atoms with Crippen LogP contribution in [0.4, 0.5) is 4.39 Å². The molecular formula is C17H26FN. The van der Waals surface area contributed by atoms with E-state index in [2.05, 4.69) is 19.2 Å². The van der Waals surface area contributed by atoms with Crippen LogP contribution in [0.3, 0.4) is 0 Å². The van der Waals surface area contributed by atoms with Gasteiger partial charge >= 0.3 is 0 Å². The van der Waals surface area contributed by atoms with Crippen molar-refractivity contribution in [1.29, 1.82) is 0 Å². The second kappa shape index (κ2) is 7.04. The van der Waals surface area contributed by atoms with E-state index in [-0.39, 0.29) is 5.82 Å². The van der Waals surface area contributed by atoms with Gasteiger partial charge in [-0.3, -0.25) is 0 Å². The fourth-order valence-electron chi connectivity index (χ4n) is 2.59. The van der Waals surface area contributed by atoms with Crippen molar-refractivity contribution in [1.82, 2.24) is 5.32 Å². The highest BCUT2D eigenvalue weighted by atomic mass is 19.1. The summed E-state index contributed by atoms with van der Waals surface area (Å²) in [5.41, 5.74) is 1.24. The molecule has 19 heavy (non-hydrogen) atoms. The first-order valence-corrected chi connectivity index (χ1v) is 7.65. The lowest BCUT2D eigenvalue weighted by Gasteiger charge is -2.19. The Hall–Kier alpha value is -0.890. The maximum absolute atomic E-state index is 13.0. The zero-order chi connectivity index (χ0) is 13.7. The smallest absolute Gasteiger partial charge is 0.123 e. The van der Waals surface area contributed by atoms with Crippen molar-refractivity contribution in [2.24, 2.45) is 11.8 Å². The van der Waals surface area contributed by atoms with E-state index in [0.717, 1.165) is 18.4 Å². The molecule has 0 amide bonds. The number of hydrogen-bond acceptors (Lipinski definition) is 1. The molecule has 0 spiro atoms. The summed E-state index contributed by atoms with van der Waals surface area (Å²) in [6, 6.07) is 7.44. The molecule has 106 valence electrons. The summed E-state index contributed by atoms with van der Waals surface area (Å²) >= 11 is 0. The van der Waals surface area contributed by atoms with E-state index in [1.54, 1.807) is 12.1 Å². The third-order valence-corrected chi connectivity index (χ3v) is 3.90. The van der Waals surface area contributed by atoms with Crippen LogP contribution in [0.25, 0.3) is 0 Å². The number of rotatable bonds is 8. The van der Waals surface area contributed by atoms with E-state index < -0.39 is 0 Å². The summed E-state index contributed by atoms with van der Waals surface area (Å²) in [5, 5.41) is 3.67. The van der Waals surface area contributed by atoms with Gasteiger partial charge in [-0.15, -0.1) is 0 Å². The van der Waals surface area contributed by atoms with Crippen LogP contribution in [-0.2, 0) is 0 Å². The average Bonchev–Trinajstić information content (AvgIpc) is 3.19. The Morgan fingerprint density at radius 1 is 1.16 bits per heavy atom. The molecule has 0 aliphatic heterocycles. The van der Waals surface area contributed by atoms with Crippen LogP contribution in [0, 0.1) is 17.7 Å². The molecule has 1 nitrogen and oxygen atoms in total. The summed E-state index contributed by atoms with van der Waals surface area (Å²) in [5.74, 6) is 1.42. The predicted octanol–water partition coefficient (Wildman–Crippen LogP) is 4.69. The number of benzene rings is 1. The first-order chi connectivity index (χ1) is 9.16. The highest BCUT2D eigenvalue weighted by Crippen LogP contribution is 2.40. The van der Waals surface area contributed by atoms with E-state index in [1.165, 1.54) is 37.7 Å². The highest BCUT2D eigenvalue weighted by molar-refractivity contribution is 5.21. The van der Waals surface area contributed by atoms with Crippen molar-refractivity contribution in [2.45, 2.75) is 52.0 Å². The molecule has 1 unspecified atom stereocenters. The lowest BCUT2D eigenvalue weighted by molar-refractivity contribution is 0.453. The maximum atomic E-state index is 13.0. The molecule has 1 fully saturated rings. The molecule has 2 rings (SSSR count). The van der Waals surface area contributed by atoms with Gasteiger partial charge in [-0.25, -0.2) is 4.39 Å². The molecule has 1 N–H and O–H groups in total. The number of halogens is 1. The van der Waals surface area contributed by atoms with Crippen LogP contribution in [0.5, 0.6) is 0 Å². The van der Waals surface area contributed by atoms with Crippen molar-refractivity contribution in [3.05, 3.63) is 35.6 Å². The maximum Gasteiger partial charge on any atom is 0.123 e. The molecule has 0 bridgehead atoms. The van der Waals surface area contributed by atoms with E-state index in [4.69, 9.17) is 0 Å². The SMILES string of the molecule is CC(C)CCCCNC(c1ccc(F)cc1)C1CC1. The Labute approximate surface area is 116 Å². The molecule has 0 heterocycles. The van der Waals surface area contributed by atoms with Crippen molar-refractivity contribution >= 4 is 0 Å². The lowest BCUT2D eigenvalue weighted by atomic mass is 10.0. The van der Waals surface area contributed by atoms with Crippen molar-refractivity contribution in [3.8, 4) is 0 Å². The van der Waals surface area contributed by atoms with Crippen LogP contribution >= 0.6 is 0 Å². The van der Waals surface area contributed by atoms with Crippen LogP contribution in [-0.4, -0.2) is 6.54 Å². The first kappa shape index (κ1) is 14.5. The standard InChI is InChI=1S/C17H26FN/c1-13(2)5-3-4-12-19-17(14-6-7-14)15-8-10-16(18)11-9-15/h8-11,13-14,17,19H,3-7,12H2,1-2H3. The van der Waals surface area contributed by atoms with Crippen LogP contribution in [0.2, 0.25) is 0 Å². The van der Waals surface area contributed by atoms with E-state index in [1.807, 2.05) is 12.1 Å². The zero-order valence-corrected chi connectivity index (χ0v) is 12.2. The molecule has 0 radical (unpaired) electrons. The van der Waals surface area contributed by atoms with Crippen molar-refractivity contribution in [2.75, 3.05) is 6.54 Å². The second-order valence-corrected chi connectivity index (χ2v) is 6.21. The van der Waals surface area contributed by atoms with Gasteiger partial charge in [0, 0.05) is 6.04 Å². The Morgan fingerprint density at radius 3 is 2.42 bits per heavy atom. The fourth-order valence-corrected chi connectivity index (χ4v) is 2.59. The Morgan fingerprint density at radius 2 is 1.84 bits per heavy atom. The quantitative estimate of drug-likeness (QED) is 0.671.